The topological polar surface area (TPSA) is 55.6 Å². The van der Waals surface area contributed by atoms with Crippen molar-refractivity contribution in [2.24, 2.45) is 0 Å². The third kappa shape index (κ3) is 2.82. The van der Waals surface area contributed by atoms with Crippen molar-refractivity contribution < 1.29 is 0 Å². The van der Waals surface area contributed by atoms with Crippen LogP contribution in [0.2, 0.25) is 0 Å². The SMILES string of the molecule is CCCNCc1nnc(-n2cnc3cc(C)c(C)cc32)s1. The van der Waals surface area contributed by atoms with Crippen LogP contribution in [0, 0.1) is 13.8 Å². The minimum Gasteiger partial charge on any atom is -0.310 e. The highest BCUT2D eigenvalue weighted by Gasteiger charge is 2.11. The Hall–Kier alpha value is -1.79. The van der Waals surface area contributed by atoms with Crippen LogP contribution in [-0.2, 0) is 6.54 Å². The minimum atomic E-state index is 0.774. The van der Waals surface area contributed by atoms with E-state index in [1.165, 1.54) is 11.1 Å². The number of hydrogen-bond donors (Lipinski definition) is 1. The summed E-state index contributed by atoms with van der Waals surface area (Å²) >= 11 is 1.60. The van der Waals surface area contributed by atoms with Crippen molar-refractivity contribution in [2.45, 2.75) is 33.7 Å². The summed E-state index contributed by atoms with van der Waals surface area (Å²) in [5.74, 6) is 0. The smallest absolute Gasteiger partial charge is 0.218 e. The molecule has 0 bridgehead atoms. The quantitative estimate of drug-likeness (QED) is 0.736. The van der Waals surface area contributed by atoms with Gasteiger partial charge in [-0.05, 0) is 50.1 Å². The molecule has 6 heteroatoms. The minimum absolute atomic E-state index is 0.774. The fraction of sp³-hybridized carbons (Fsp3) is 0.400. The van der Waals surface area contributed by atoms with E-state index >= 15 is 0 Å². The van der Waals surface area contributed by atoms with Gasteiger partial charge in [0.1, 0.15) is 11.3 Å². The van der Waals surface area contributed by atoms with Gasteiger partial charge in [-0.1, -0.05) is 18.3 Å². The first-order valence-corrected chi connectivity index (χ1v) is 7.98. The van der Waals surface area contributed by atoms with E-state index in [4.69, 9.17) is 0 Å². The van der Waals surface area contributed by atoms with E-state index in [9.17, 15) is 0 Å². The van der Waals surface area contributed by atoms with E-state index in [0.717, 1.165) is 40.7 Å². The molecule has 3 rings (SSSR count). The van der Waals surface area contributed by atoms with Crippen molar-refractivity contribution in [2.75, 3.05) is 6.54 Å². The molecule has 0 aliphatic carbocycles. The second-order valence-electron chi connectivity index (χ2n) is 5.19. The molecule has 5 nitrogen and oxygen atoms in total. The number of aryl methyl sites for hydroxylation is 2. The van der Waals surface area contributed by atoms with Gasteiger partial charge in [0.25, 0.3) is 0 Å². The molecule has 110 valence electrons. The zero-order valence-corrected chi connectivity index (χ0v) is 13.4. The van der Waals surface area contributed by atoms with Crippen LogP contribution >= 0.6 is 11.3 Å². The van der Waals surface area contributed by atoms with E-state index < -0.39 is 0 Å². The lowest BCUT2D eigenvalue weighted by Gasteiger charge is -2.02. The van der Waals surface area contributed by atoms with Gasteiger partial charge in [-0.2, -0.15) is 0 Å². The van der Waals surface area contributed by atoms with Crippen molar-refractivity contribution in [3.05, 3.63) is 34.6 Å². The van der Waals surface area contributed by atoms with Crippen molar-refractivity contribution in [3.8, 4) is 5.13 Å². The Morgan fingerprint density at radius 2 is 2.00 bits per heavy atom. The van der Waals surface area contributed by atoms with Gasteiger partial charge in [0.2, 0.25) is 5.13 Å². The zero-order chi connectivity index (χ0) is 14.8. The van der Waals surface area contributed by atoms with E-state index in [-0.39, 0.29) is 0 Å². The molecule has 0 fully saturated rings. The summed E-state index contributed by atoms with van der Waals surface area (Å²) in [6.45, 7) is 8.15. The Morgan fingerprint density at radius 3 is 2.81 bits per heavy atom. The Bertz CT molecular complexity index is 759. The van der Waals surface area contributed by atoms with E-state index in [1.54, 1.807) is 11.3 Å². The maximum atomic E-state index is 4.47. The summed E-state index contributed by atoms with van der Waals surface area (Å²) in [6, 6.07) is 4.28. The van der Waals surface area contributed by atoms with Gasteiger partial charge in [0.05, 0.1) is 11.0 Å². The van der Waals surface area contributed by atoms with Crippen LogP contribution in [-0.4, -0.2) is 26.3 Å². The molecule has 1 aromatic carbocycles. The first kappa shape index (κ1) is 14.2. The van der Waals surface area contributed by atoms with Gasteiger partial charge in [-0.3, -0.25) is 4.57 Å². The van der Waals surface area contributed by atoms with E-state index in [0.29, 0.717) is 0 Å². The maximum Gasteiger partial charge on any atom is 0.218 e. The molecule has 0 saturated carbocycles. The van der Waals surface area contributed by atoms with Crippen molar-refractivity contribution in [1.82, 2.24) is 25.1 Å². The molecule has 1 N–H and O–H groups in total. The van der Waals surface area contributed by atoms with Crippen molar-refractivity contribution in [3.63, 3.8) is 0 Å². The van der Waals surface area contributed by atoms with Gasteiger partial charge in [-0.25, -0.2) is 4.98 Å². The van der Waals surface area contributed by atoms with Crippen LogP contribution in [0.1, 0.15) is 29.5 Å². The number of hydrogen-bond acceptors (Lipinski definition) is 5. The molecule has 0 atom stereocenters. The predicted molar refractivity (Wildman–Crippen MR) is 86.0 cm³/mol. The molecule has 0 unspecified atom stereocenters. The predicted octanol–water partition coefficient (Wildman–Crippen LogP) is 2.99. The highest BCUT2D eigenvalue weighted by Crippen LogP contribution is 2.23. The Kier molecular flexibility index (Phi) is 3.98. The summed E-state index contributed by atoms with van der Waals surface area (Å²) in [4.78, 5) is 4.47. The molecule has 0 radical (unpaired) electrons. The first-order valence-electron chi connectivity index (χ1n) is 7.17. The van der Waals surface area contributed by atoms with E-state index in [2.05, 4.69) is 53.4 Å². The summed E-state index contributed by atoms with van der Waals surface area (Å²) in [7, 11) is 0. The number of aromatic nitrogens is 4. The average molecular weight is 301 g/mol. The van der Waals surface area contributed by atoms with Gasteiger partial charge < -0.3 is 5.32 Å². The first-order chi connectivity index (χ1) is 10.2. The van der Waals surface area contributed by atoms with Gasteiger partial charge in [-0.15, -0.1) is 10.2 Å². The van der Waals surface area contributed by atoms with Crippen LogP contribution < -0.4 is 5.32 Å². The highest BCUT2D eigenvalue weighted by molar-refractivity contribution is 7.13. The summed E-state index contributed by atoms with van der Waals surface area (Å²) < 4.78 is 2.02. The summed E-state index contributed by atoms with van der Waals surface area (Å²) in [6.07, 6.45) is 2.95. The molecule has 3 aromatic rings. The molecule has 2 aromatic heterocycles. The monoisotopic (exact) mass is 301 g/mol. The van der Waals surface area contributed by atoms with Crippen LogP contribution in [0.3, 0.4) is 0 Å². The largest absolute Gasteiger partial charge is 0.310 e. The van der Waals surface area contributed by atoms with Crippen LogP contribution in [0.25, 0.3) is 16.2 Å². The number of imidazole rings is 1. The molecule has 0 amide bonds. The third-order valence-corrected chi connectivity index (χ3v) is 4.45. The molecule has 21 heavy (non-hydrogen) atoms. The second kappa shape index (κ2) is 5.91. The molecule has 0 spiro atoms. The lowest BCUT2D eigenvalue weighted by molar-refractivity contribution is 0.668. The van der Waals surface area contributed by atoms with E-state index in [1.807, 2.05) is 10.9 Å². The molecule has 0 aliphatic heterocycles. The van der Waals surface area contributed by atoms with Crippen molar-refractivity contribution >= 4 is 22.4 Å². The molecular weight excluding hydrogens is 282 g/mol. The number of nitrogens with zero attached hydrogens (tertiary/aromatic N) is 4. The van der Waals surface area contributed by atoms with Crippen LogP contribution in [0.5, 0.6) is 0 Å². The maximum absolute atomic E-state index is 4.47. The highest BCUT2D eigenvalue weighted by atomic mass is 32.1. The fourth-order valence-corrected chi connectivity index (χ4v) is 2.99. The van der Waals surface area contributed by atoms with Gasteiger partial charge >= 0.3 is 0 Å². The Labute approximate surface area is 128 Å². The molecule has 0 saturated heterocycles. The standard InChI is InChI=1S/C15H19N5S/c1-4-5-16-8-14-18-19-15(21-14)20-9-17-12-6-10(2)11(3)7-13(12)20/h6-7,9,16H,4-5,8H2,1-3H3. The van der Waals surface area contributed by atoms with Crippen LogP contribution in [0.4, 0.5) is 0 Å². The summed E-state index contributed by atoms with van der Waals surface area (Å²) in [5.41, 5.74) is 4.61. The fourth-order valence-electron chi connectivity index (χ4n) is 2.20. The number of benzene rings is 1. The Morgan fingerprint density at radius 1 is 1.19 bits per heavy atom. The van der Waals surface area contributed by atoms with Crippen LogP contribution in [0.15, 0.2) is 18.5 Å². The van der Waals surface area contributed by atoms with Crippen molar-refractivity contribution in [1.29, 1.82) is 0 Å². The lowest BCUT2D eigenvalue weighted by Crippen LogP contribution is -2.13. The number of rotatable bonds is 5. The third-order valence-electron chi connectivity index (χ3n) is 3.53. The Balaban J connectivity index is 1.92. The zero-order valence-electron chi connectivity index (χ0n) is 12.6. The van der Waals surface area contributed by atoms with Gasteiger partial charge in [0, 0.05) is 6.54 Å². The molecule has 2 heterocycles. The van der Waals surface area contributed by atoms with Gasteiger partial charge in [0.15, 0.2) is 0 Å². The second-order valence-corrected chi connectivity index (χ2v) is 6.24. The molecular formula is C15H19N5S. The summed E-state index contributed by atoms with van der Waals surface area (Å²) in [5, 5.41) is 13.8. The number of fused-ring (bicyclic) bond motifs is 1. The molecule has 0 aliphatic rings. The average Bonchev–Trinajstić information content (AvgIpc) is 3.07. The number of nitrogens with one attached hydrogen (secondary N) is 1. The lowest BCUT2D eigenvalue weighted by atomic mass is 10.1. The normalized spacial score (nSPS) is 11.4.